The van der Waals surface area contributed by atoms with Gasteiger partial charge in [-0.05, 0) is 25.7 Å². The Kier molecular flexibility index (Phi) is 5.04. The highest BCUT2D eigenvalue weighted by molar-refractivity contribution is 5.85. The van der Waals surface area contributed by atoms with Crippen molar-refractivity contribution in [2.75, 3.05) is 7.11 Å². The predicted molar refractivity (Wildman–Crippen MR) is 44.5 cm³/mol. The molecule has 0 aromatic rings. The van der Waals surface area contributed by atoms with Gasteiger partial charge in [0.2, 0.25) is 0 Å². The SMILES string of the molecule is CO[C@H]1CCC[C@@H](N)C1.Cl. The zero-order chi connectivity index (χ0) is 6.69. The fourth-order valence-electron chi connectivity index (χ4n) is 1.40. The number of halogens is 1. The highest BCUT2D eigenvalue weighted by Gasteiger charge is 2.17. The van der Waals surface area contributed by atoms with Crippen LogP contribution in [0.4, 0.5) is 0 Å². The molecule has 1 aliphatic rings. The van der Waals surface area contributed by atoms with Crippen molar-refractivity contribution < 1.29 is 4.74 Å². The summed E-state index contributed by atoms with van der Waals surface area (Å²) in [6, 6.07) is 0.392. The lowest BCUT2D eigenvalue weighted by molar-refractivity contribution is 0.0645. The van der Waals surface area contributed by atoms with E-state index in [1.165, 1.54) is 19.3 Å². The van der Waals surface area contributed by atoms with Crippen LogP contribution in [0.1, 0.15) is 25.7 Å². The molecule has 0 amide bonds. The number of ether oxygens (including phenoxy) is 1. The first-order valence-electron chi connectivity index (χ1n) is 3.61. The minimum absolute atomic E-state index is 0. The quantitative estimate of drug-likeness (QED) is 0.636. The summed E-state index contributed by atoms with van der Waals surface area (Å²) in [6.07, 6.45) is 5.11. The van der Waals surface area contributed by atoms with Crippen LogP contribution in [-0.2, 0) is 4.74 Å². The van der Waals surface area contributed by atoms with E-state index in [2.05, 4.69) is 0 Å². The smallest absolute Gasteiger partial charge is 0.0586 e. The van der Waals surface area contributed by atoms with Crippen LogP contribution in [-0.4, -0.2) is 19.3 Å². The third-order valence-corrected chi connectivity index (χ3v) is 2.00. The number of hydrogen-bond acceptors (Lipinski definition) is 2. The first-order valence-corrected chi connectivity index (χ1v) is 3.61. The maximum Gasteiger partial charge on any atom is 0.0586 e. The second-order valence-electron chi connectivity index (χ2n) is 2.78. The van der Waals surface area contributed by atoms with Gasteiger partial charge in [0.1, 0.15) is 0 Å². The molecule has 1 fully saturated rings. The summed E-state index contributed by atoms with van der Waals surface area (Å²) >= 11 is 0. The zero-order valence-corrected chi connectivity index (χ0v) is 7.19. The van der Waals surface area contributed by atoms with Gasteiger partial charge in [0, 0.05) is 13.2 Å². The van der Waals surface area contributed by atoms with E-state index in [0.29, 0.717) is 12.1 Å². The van der Waals surface area contributed by atoms with Crippen LogP contribution in [0.3, 0.4) is 0 Å². The van der Waals surface area contributed by atoms with Gasteiger partial charge in [-0.3, -0.25) is 0 Å². The van der Waals surface area contributed by atoms with Crippen LogP contribution in [0.15, 0.2) is 0 Å². The molecule has 0 radical (unpaired) electrons. The molecule has 3 heteroatoms. The summed E-state index contributed by atoms with van der Waals surface area (Å²) in [5.74, 6) is 0. The van der Waals surface area contributed by atoms with Crippen molar-refractivity contribution in [1.29, 1.82) is 0 Å². The molecule has 1 saturated carbocycles. The molecule has 62 valence electrons. The molecule has 2 atom stereocenters. The molecule has 0 unspecified atom stereocenters. The molecule has 2 nitrogen and oxygen atoms in total. The van der Waals surface area contributed by atoms with E-state index < -0.39 is 0 Å². The summed E-state index contributed by atoms with van der Waals surface area (Å²) in [7, 11) is 1.77. The Hall–Kier alpha value is 0.210. The summed E-state index contributed by atoms with van der Waals surface area (Å²) < 4.78 is 5.18. The summed E-state index contributed by atoms with van der Waals surface area (Å²) in [5, 5.41) is 0. The summed E-state index contributed by atoms with van der Waals surface area (Å²) in [6.45, 7) is 0. The average molecular weight is 166 g/mol. The van der Waals surface area contributed by atoms with Gasteiger partial charge >= 0.3 is 0 Å². The van der Waals surface area contributed by atoms with Crippen molar-refractivity contribution in [3.8, 4) is 0 Å². The van der Waals surface area contributed by atoms with Gasteiger partial charge in [0.25, 0.3) is 0 Å². The first-order chi connectivity index (χ1) is 4.33. The van der Waals surface area contributed by atoms with Crippen molar-refractivity contribution in [2.24, 2.45) is 5.73 Å². The van der Waals surface area contributed by atoms with Crippen molar-refractivity contribution in [2.45, 2.75) is 37.8 Å². The Bertz CT molecular complexity index is 89.7. The lowest BCUT2D eigenvalue weighted by atomic mass is 9.94. The van der Waals surface area contributed by atoms with Gasteiger partial charge in [-0.25, -0.2) is 0 Å². The highest BCUT2D eigenvalue weighted by Crippen LogP contribution is 2.18. The first kappa shape index (κ1) is 10.2. The molecule has 1 aliphatic carbocycles. The highest BCUT2D eigenvalue weighted by atomic mass is 35.5. The van der Waals surface area contributed by atoms with E-state index in [4.69, 9.17) is 10.5 Å². The molecule has 0 spiro atoms. The number of hydrogen-bond donors (Lipinski definition) is 1. The van der Waals surface area contributed by atoms with Crippen molar-refractivity contribution >= 4 is 12.4 Å². The molecule has 0 aromatic carbocycles. The van der Waals surface area contributed by atoms with Gasteiger partial charge in [0.05, 0.1) is 6.10 Å². The molecule has 2 N–H and O–H groups in total. The van der Waals surface area contributed by atoms with E-state index >= 15 is 0 Å². The average Bonchev–Trinajstić information content (AvgIpc) is 1.88. The monoisotopic (exact) mass is 165 g/mol. The van der Waals surface area contributed by atoms with Gasteiger partial charge in [-0.2, -0.15) is 0 Å². The maximum atomic E-state index is 5.72. The maximum absolute atomic E-state index is 5.72. The third kappa shape index (κ3) is 2.86. The van der Waals surface area contributed by atoms with E-state index in [1.807, 2.05) is 0 Å². The Balaban J connectivity index is 0.000000810. The molecule has 0 saturated heterocycles. The van der Waals surface area contributed by atoms with Crippen LogP contribution in [0.25, 0.3) is 0 Å². The minimum atomic E-state index is 0. The van der Waals surface area contributed by atoms with Gasteiger partial charge < -0.3 is 10.5 Å². The number of rotatable bonds is 1. The molecule has 10 heavy (non-hydrogen) atoms. The zero-order valence-electron chi connectivity index (χ0n) is 6.38. The Morgan fingerprint density at radius 1 is 1.40 bits per heavy atom. The summed E-state index contributed by atoms with van der Waals surface area (Å²) in [4.78, 5) is 0. The van der Waals surface area contributed by atoms with Crippen LogP contribution in [0, 0.1) is 0 Å². The molecule has 0 heterocycles. The Morgan fingerprint density at radius 3 is 2.50 bits per heavy atom. The van der Waals surface area contributed by atoms with Gasteiger partial charge in [-0.15, -0.1) is 12.4 Å². The molecule has 1 rings (SSSR count). The minimum Gasteiger partial charge on any atom is -0.381 e. The number of nitrogens with two attached hydrogens (primary N) is 1. The second-order valence-corrected chi connectivity index (χ2v) is 2.78. The molecular formula is C7H16ClNO. The van der Waals surface area contributed by atoms with Crippen LogP contribution < -0.4 is 5.73 Å². The fraction of sp³-hybridized carbons (Fsp3) is 1.00. The van der Waals surface area contributed by atoms with E-state index in [1.54, 1.807) is 7.11 Å². The predicted octanol–water partition coefficient (Wildman–Crippen LogP) is 1.32. The lowest BCUT2D eigenvalue weighted by Gasteiger charge is -2.24. The fourth-order valence-corrected chi connectivity index (χ4v) is 1.40. The van der Waals surface area contributed by atoms with Crippen LogP contribution in [0.5, 0.6) is 0 Å². The second kappa shape index (κ2) is 4.94. The van der Waals surface area contributed by atoms with Crippen molar-refractivity contribution in [3.05, 3.63) is 0 Å². The van der Waals surface area contributed by atoms with E-state index in [-0.39, 0.29) is 12.4 Å². The van der Waals surface area contributed by atoms with Crippen LogP contribution >= 0.6 is 12.4 Å². The van der Waals surface area contributed by atoms with Gasteiger partial charge in [0.15, 0.2) is 0 Å². The van der Waals surface area contributed by atoms with Crippen LogP contribution in [0.2, 0.25) is 0 Å². The topological polar surface area (TPSA) is 35.2 Å². The third-order valence-electron chi connectivity index (χ3n) is 2.00. The van der Waals surface area contributed by atoms with E-state index in [9.17, 15) is 0 Å². The largest absolute Gasteiger partial charge is 0.381 e. The number of methoxy groups -OCH3 is 1. The Labute approximate surface area is 68.5 Å². The van der Waals surface area contributed by atoms with Crippen molar-refractivity contribution in [1.82, 2.24) is 0 Å². The molecule has 0 bridgehead atoms. The molecular weight excluding hydrogens is 150 g/mol. The molecule has 0 aliphatic heterocycles. The standard InChI is InChI=1S/C7H15NO.ClH/c1-9-7-4-2-3-6(8)5-7;/h6-7H,2-5,8H2,1H3;1H/t6-,7+;/m1./s1. The molecule has 0 aromatic heterocycles. The normalized spacial score (nSPS) is 33.0. The lowest BCUT2D eigenvalue weighted by Crippen LogP contribution is -2.31. The summed E-state index contributed by atoms with van der Waals surface area (Å²) in [5.41, 5.74) is 5.72. The van der Waals surface area contributed by atoms with Gasteiger partial charge in [-0.1, -0.05) is 0 Å². The van der Waals surface area contributed by atoms with Crippen molar-refractivity contribution in [3.63, 3.8) is 0 Å². The Morgan fingerprint density at radius 2 is 2.10 bits per heavy atom. The van der Waals surface area contributed by atoms with E-state index in [0.717, 1.165) is 6.42 Å².